The minimum atomic E-state index is -3.47. The van der Waals surface area contributed by atoms with Crippen LogP contribution < -0.4 is 16.8 Å². The molecule has 3 fully saturated rings. The normalized spacial score (nSPS) is 22.7. The van der Waals surface area contributed by atoms with Crippen LogP contribution in [-0.4, -0.2) is 84.9 Å². The van der Waals surface area contributed by atoms with Crippen LogP contribution in [0.25, 0.3) is 28.1 Å². The lowest BCUT2D eigenvalue weighted by Gasteiger charge is -2.34. The van der Waals surface area contributed by atoms with Gasteiger partial charge in [0.2, 0.25) is 0 Å². The number of amides is 1. The lowest BCUT2D eigenvalue weighted by Crippen LogP contribution is -2.41. The Morgan fingerprint density at radius 3 is 2.46 bits per heavy atom. The monoisotopic (exact) mass is 899 g/mol. The van der Waals surface area contributed by atoms with E-state index in [2.05, 4.69) is 40.6 Å². The summed E-state index contributed by atoms with van der Waals surface area (Å²) in [6.45, 7) is 5.96. The number of carbonyl (C=O) groups excluding carboxylic acids is 1. The molecule has 0 radical (unpaired) electrons. The molecule has 16 nitrogen and oxygen atoms in total. The molecule has 12 rings (SSSR count). The van der Waals surface area contributed by atoms with Crippen LogP contribution in [0, 0.1) is 11.7 Å². The molecule has 1 amide bonds. The molecule has 3 aromatic carbocycles. The first-order valence-electron chi connectivity index (χ1n) is 22.4. The summed E-state index contributed by atoms with van der Waals surface area (Å²) in [6.07, 6.45) is 7.84. The molecule has 2 aliphatic carbocycles. The number of benzene rings is 3. The van der Waals surface area contributed by atoms with Crippen LogP contribution in [0.2, 0.25) is 0 Å². The van der Waals surface area contributed by atoms with Crippen molar-refractivity contribution in [3.8, 4) is 17.2 Å². The Kier molecular flexibility index (Phi) is 8.92. The van der Waals surface area contributed by atoms with Crippen molar-refractivity contribution in [1.82, 2.24) is 38.5 Å². The first kappa shape index (κ1) is 40.0. The molecule has 0 spiro atoms. The molecule has 18 heteroatoms. The number of nitrogens with zero attached hydrogens (tertiary/aromatic N) is 7. The standard InChI is InChI=1S/C47H46FN9O7S/c1-26-25-47(26,44-50-45(59)64-52-44)56-38-9-5-30(28-12-18-63-19-13-28)21-31(38)22-39(56)43(58)53-15-11-36-41(27(53)2)42(57(51-36)33-6-8-35(48)34(23-33)29-3-4-29)55-17-16-54(46(55)60)32-7-10-40-37(24-32)49-14-20-65(40,61)62/h5-10,16-17,21-24,26-29,49H,3-4,11-15,18-20,25H2,1-2H3,(H,50,52,59)/t26-,27-,47-/m0/s1. The number of hydrogen-bond acceptors (Lipinski definition) is 10. The summed E-state index contributed by atoms with van der Waals surface area (Å²) in [4.78, 5) is 47.4. The Bertz CT molecular complexity index is 3350. The summed E-state index contributed by atoms with van der Waals surface area (Å²) in [6, 6.07) is 17.4. The fourth-order valence-corrected chi connectivity index (χ4v) is 12.1. The van der Waals surface area contributed by atoms with Crippen LogP contribution in [0.4, 0.5) is 10.1 Å². The summed E-state index contributed by atoms with van der Waals surface area (Å²) in [7, 11) is -3.47. The minimum absolute atomic E-state index is 0.0123. The van der Waals surface area contributed by atoms with E-state index in [9.17, 15) is 18.0 Å². The van der Waals surface area contributed by atoms with E-state index in [0.29, 0.717) is 89.7 Å². The molecule has 3 aliphatic heterocycles. The van der Waals surface area contributed by atoms with E-state index in [0.717, 1.165) is 36.6 Å². The quantitative estimate of drug-likeness (QED) is 0.181. The second kappa shape index (κ2) is 14.5. The van der Waals surface area contributed by atoms with Gasteiger partial charge in [-0.25, -0.2) is 27.1 Å². The summed E-state index contributed by atoms with van der Waals surface area (Å²) >= 11 is 0. The number of anilines is 1. The fraction of sp³-hybridized carbons (Fsp3) is 0.383. The lowest BCUT2D eigenvalue weighted by molar-refractivity contribution is 0.0663. The number of nitrogens with one attached hydrogen (secondary N) is 2. The number of sulfone groups is 1. The number of aromatic amines is 1. The number of carbonyl (C=O) groups is 1. The van der Waals surface area contributed by atoms with Crippen LogP contribution in [0.5, 0.6) is 0 Å². The number of aromatic nitrogens is 7. The van der Waals surface area contributed by atoms with E-state index >= 15 is 9.18 Å². The van der Waals surface area contributed by atoms with Gasteiger partial charge in [0.25, 0.3) is 5.91 Å². The second-order valence-electron chi connectivity index (χ2n) is 18.3. The number of ether oxygens (including phenoxy) is 1. The topological polar surface area (TPSA) is 184 Å². The van der Waals surface area contributed by atoms with E-state index < -0.39 is 32.9 Å². The maximum Gasteiger partial charge on any atom is 0.438 e. The zero-order chi connectivity index (χ0) is 44.5. The maximum atomic E-state index is 15.5. The van der Waals surface area contributed by atoms with E-state index in [-0.39, 0.29) is 40.8 Å². The third-order valence-corrected chi connectivity index (χ3v) is 16.2. The first-order valence-corrected chi connectivity index (χ1v) is 24.0. The van der Waals surface area contributed by atoms with Gasteiger partial charge in [0.1, 0.15) is 22.9 Å². The maximum absolute atomic E-state index is 15.5. The van der Waals surface area contributed by atoms with Gasteiger partial charge in [0.15, 0.2) is 15.7 Å². The van der Waals surface area contributed by atoms with Gasteiger partial charge in [0.05, 0.1) is 39.4 Å². The van der Waals surface area contributed by atoms with E-state index in [1.165, 1.54) is 26.8 Å². The van der Waals surface area contributed by atoms with Gasteiger partial charge in [-0.05, 0) is 123 Å². The third-order valence-electron chi connectivity index (χ3n) is 14.5. The van der Waals surface area contributed by atoms with Crippen LogP contribution in [0.1, 0.15) is 103 Å². The van der Waals surface area contributed by atoms with Crippen molar-refractivity contribution in [2.24, 2.45) is 5.92 Å². The van der Waals surface area contributed by atoms with Crippen molar-refractivity contribution in [3.05, 3.63) is 134 Å². The van der Waals surface area contributed by atoms with Gasteiger partial charge >= 0.3 is 11.4 Å². The summed E-state index contributed by atoms with van der Waals surface area (Å²) < 4.78 is 58.2. The van der Waals surface area contributed by atoms with Crippen molar-refractivity contribution in [2.45, 2.75) is 80.7 Å². The SMILES string of the molecule is C[C@H]1c2c(nn(-c3ccc(F)c(C4CC4)c3)c2-n2ccn(-c3ccc4c(c3)NCCS4(=O)=O)c2=O)CCN1C(=O)c1cc2cc(C3CCOCC3)ccc2n1[C@@]1(c2noc(=O)[nH]2)C[C@@H]1C. The summed E-state index contributed by atoms with van der Waals surface area (Å²) in [5.74, 6) is -0.00750. The van der Waals surface area contributed by atoms with Gasteiger partial charge in [-0.2, -0.15) is 5.10 Å². The molecule has 0 unspecified atom stereocenters. The third kappa shape index (κ3) is 6.23. The summed E-state index contributed by atoms with van der Waals surface area (Å²) in [5.41, 5.74) is 4.59. The molecule has 7 aromatic rings. The van der Waals surface area contributed by atoms with Crippen molar-refractivity contribution >= 4 is 32.3 Å². The molecule has 334 valence electrons. The largest absolute Gasteiger partial charge is 0.438 e. The molecule has 1 saturated heterocycles. The van der Waals surface area contributed by atoms with Gasteiger partial charge in [-0.1, -0.05) is 18.1 Å². The Hall–Kier alpha value is -6.53. The smallest absolute Gasteiger partial charge is 0.383 e. The second-order valence-corrected chi connectivity index (χ2v) is 20.4. The van der Waals surface area contributed by atoms with Gasteiger partial charge < -0.3 is 19.5 Å². The highest BCUT2D eigenvalue weighted by molar-refractivity contribution is 7.91. The van der Waals surface area contributed by atoms with Crippen molar-refractivity contribution < 1.29 is 26.9 Å². The highest BCUT2D eigenvalue weighted by Crippen LogP contribution is 2.56. The van der Waals surface area contributed by atoms with Crippen LogP contribution in [-0.2, 0) is 26.5 Å². The van der Waals surface area contributed by atoms with Crippen LogP contribution >= 0.6 is 0 Å². The number of fused-ring (bicyclic) bond motifs is 3. The molecule has 0 bridgehead atoms. The predicted molar refractivity (Wildman–Crippen MR) is 237 cm³/mol. The van der Waals surface area contributed by atoms with E-state index in [1.54, 1.807) is 41.3 Å². The lowest BCUT2D eigenvalue weighted by atomic mass is 9.91. The van der Waals surface area contributed by atoms with Gasteiger partial charge in [-0.3, -0.25) is 23.4 Å². The molecular formula is C47H46FN9O7S. The zero-order valence-corrected chi connectivity index (χ0v) is 36.6. The molecule has 7 heterocycles. The van der Waals surface area contributed by atoms with Crippen LogP contribution in [0.15, 0.2) is 92.1 Å². The minimum Gasteiger partial charge on any atom is -0.383 e. The van der Waals surface area contributed by atoms with E-state index in [1.807, 2.05) is 22.5 Å². The fourth-order valence-electron chi connectivity index (χ4n) is 10.8. The van der Waals surface area contributed by atoms with E-state index in [4.69, 9.17) is 14.4 Å². The highest BCUT2D eigenvalue weighted by Gasteiger charge is 2.59. The highest BCUT2D eigenvalue weighted by atomic mass is 32.2. The number of H-pyrrole nitrogens is 1. The average molecular weight is 900 g/mol. The van der Waals surface area contributed by atoms with Gasteiger partial charge in [-0.15, -0.1) is 0 Å². The molecule has 4 aromatic heterocycles. The Morgan fingerprint density at radius 1 is 0.923 bits per heavy atom. The Balaban J connectivity index is 0.994. The molecule has 3 atom stereocenters. The summed E-state index contributed by atoms with van der Waals surface area (Å²) in [5, 5.41) is 13.3. The average Bonchev–Trinajstić information content (AvgIpc) is 4.01. The number of imidazole rings is 1. The molecular weight excluding hydrogens is 854 g/mol. The molecule has 65 heavy (non-hydrogen) atoms. The molecule has 2 saturated carbocycles. The Morgan fingerprint density at radius 2 is 1.71 bits per heavy atom. The predicted octanol–water partition coefficient (Wildman–Crippen LogP) is 6.10. The zero-order valence-electron chi connectivity index (χ0n) is 35.8. The van der Waals surface area contributed by atoms with Crippen molar-refractivity contribution in [3.63, 3.8) is 0 Å². The first-order chi connectivity index (χ1) is 31.4. The Labute approximate surface area is 371 Å². The molecule has 5 aliphatic rings. The molecule has 2 N–H and O–H groups in total. The van der Waals surface area contributed by atoms with Crippen molar-refractivity contribution in [1.29, 1.82) is 0 Å². The number of halogens is 1. The van der Waals surface area contributed by atoms with Crippen molar-refractivity contribution in [2.75, 3.05) is 37.4 Å². The number of hydrogen-bond donors (Lipinski definition) is 2. The number of rotatable bonds is 8. The van der Waals surface area contributed by atoms with Crippen LogP contribution in [0.3, 0.4) is 0 Å². The van der Waals surface area contributed by atoms with Gasteiger partial charge in [0, 0.05) is 61.6 Å².